The van der Waals surface area contributed by atoms with Gasteiger partial charge in [0, 0.05) is 44.6 Å². The van der Waals surface area contributed by atoms with E-state index in [1.54, 1.807) is 6.33 Å². The molecule has 4 fully saturated rings. The number of amides is 1. The molecule has 0 saturated carbocycles. The van der Waals surface area contributed by atoms with E-state index in [2.05, 4.69) is 27.6 Å². The lowest BCUT2D eigenvalue weighted by Crippen LogP contribution is -2.64. The van der Waals surface area contributed by atoms with Crippen LogP contribution in [0, 0.1) is 0 Å². The van der Waals surface area contributed by atoms with Crippen molar-refractivity contribution in [3.8, 4) is 0 Å². The third-order valence-electron chi connectivity index (χ3n) is 6.40. The molecule has 4 aliphatic rings. The lowest BCUT2D eigenvalue weighted by molar-refractivity contribution is -0.131. The minimum atomic E-state index is 0.0433. The summed E-state index contributed by atoms with van der Waals surface area (Å²) in [6.07, 6.45) is 9.40. The summed E-state index contributed by atoms with van der Waals surface area (Å²) in [6.45, 7) is 6.86. The predicted molar refractivity (Wildman–Crippen MR) is 103 cm³/mol. The van der Waals surface area contributed by atoms with Crippen molar-refractivity contribution >= 4 is 22.8 Å². The van der Waals surface area contributed by atoms with Gasteiger partial charge in [-0.2, -0.15) is 0 Å². The van der Waals surface area contributed by atoms with Gasteiger partial charge in [0.05, 0.1) is 5.39 Å². The van der Waals surface area contributed by atoms with Crippen molar-refractivity contribution in [1.82, 2.24) is 19.9 Å². The number of piperidine rings is 2. The first-order chi connectivity index (χ1) is 13.3. The smallest absolute Gasteiger partial charge is 0.246 e. The maximum atomic E-state index is 12.2. The Morgan fingerprint density at radius 1 is 1.19 bits per heavy atom. The zero-order valence-corrected chi connectivity index (χ0v) is 15.4. The van der Waals surface area contributed by atoms with Crippen LogP contribution in [0.1, 0.15) is 37.2 Å². The van der Waals surface area contributed by atoms with E-state index < -0.39 is 0 Å². The fourth-order valence-electron chi connectivity index (χ4n) is 4.99. The average Bonchev–Trinajstić information content (AvgIpc) is 3.18. The molecule has 0 aromatic carbocycles. The molecule has 2 bridgehead atoms. The number of rotatable bonds is 3. The third kappa shape index (κ3) is 2.72. The quantitative estimate of drug-likeness (QED) is 0.842. The van der Waals surface area contributed by atoms with E-state index in [1.165, 1.54) is 11.6 Å². The van der Waals surface area contributed by atoms with E-state index in [0.29, 0.717) is 12.0 Å². The fourth-order valence-corrected chi connectivity index (χ4v) is 4.99. The highest BCUT2D eigenvalue weighted by atomic mass is 16.5. The van der Waals surface area contributed by atoms with E-state index >= 15 is 0 Å². The normalized spacial score (nSPS) is 25.9. The van der Waals surface area contributed by atoms with Crippen LogP contribution in [0.5, 0.6) is 0 Å². The second-order valence-corrected chi connectivity index (χ2v) is 7.78. The first-order valence-electron chi connectivity index (χ1n) is 9.85. The number of carbonyl (C=O) groups excluding carboxylic acids is 1. The zero-order valence-electron chi connectivity index (χ0n) is 15.4. The Bertz CT molecular complexity index is 872. The van der Waals surface area contributed by atoms with Gasteiger partial charge in [-0.05, 0) is 43.2 Å². The molecular weight excluding hydrogens is 342 g/mol. The van der Waals surface area contributed by atoms with E-state index in [-0.39, 0.29) is 11.9 Å². The van der Waals surface area contributed by atoms with Gasteiger partial charge >= 0.3 is 0 Å². The van der Waals surface area contributed by atoms with Crippen LogP contribution in [-0.2, 0) is 9.53 Å². The second-order valence-electron chi connectivity index (χ2n) is 7.78. The zero-order chi connectivity index (χ0) is 18.4. The van der Waals surface area contributed by atoms with Crippen LogP contribution in [0.4, 0.5) is 5.82 Å². The SMILES string of the molecule is C=CC(=O)N1CC2CCC1CN2c1ncnc2[nH]cc(C3CCOCC3)c12. The van der Waals surface area contributed by atoms with Gasteiger partial charge in [-0.15, -0.1) is 0 Å². The second kappa shape index (κ2) is 6.64. The monoisotopic (exact) mass is 367 g/mol. The molecule has 6 heterocycles. The van der Waals surface area contributed by atoms with E-state index in [1.807, 2.05) is 4.90 Å². The fraction of sp³-hybridized carbons (Fsp3) is 0.550. The Hall–Kier alpha value is -2.41. The number of nitrogens with zero attached hydrogens (tertiary/aromatic N) is 4. The summed E-state index contributed by atoms with van der Waals surface area (Å²) in [7, 11) is 0. The largest absolute Gasteiger partial charge is 0.381 e. The summed E-state index contributed by atoms with van der Waals surface area (Å²) >= 11 is 0. The van der Waals surface area contributed by atoms with Crippen molar-refractivity contribution in [2.75, 3.05) is 31.2 Å². The van der Waals surface area contributed by atoms with Crippen molar-refractivity contribution in [2.24, 2.45) is 0 Å². The summed E-state index contributed by atoms with van der Waals surface area (Å²) in [4.78, 5) is 29.1. The molecule has 0 radical (unpaired) electrons. The molecule has 7 heteroatoms. The van der Waals surface area contributed by atoms with Gasteiger partial charge in [0.1, 0.15) is 17.8 Å². The molecule has 0 spiro atoms. The number of hydrogen-bond donors (Lipinski definition) is 1. The van der Waals surface area contributed by atoms with Crippen LogP contribution in [0.3, 0.4) is 0 Å². The molecule has 2 aromatic heterocycles. The van der Waals surface area contributed by atoms with Gasteiger partial charge < -0.3 is 19.5 Å². The van der Waals surface area contributed by atoms with Crippen LogP contribution >= 0.6 is 0 Å². The van der Waals surface area contributed by atoms with Crippen LogP contribution in [0.15, 0.2) is 25.2 Å². The molecule has 1 N–H and O–H groups in total. The molecule has 0 aliphatic carbocycles. The molecule has 2 aromatic rings. The summed E-state index contributed by atoms with van der Waals surface area (Å²) in [5.41, 5.74) is 2.21. The van der Waals surface area contributed by atoms with Crippen LogP contribution < -0.4 is 4.90 Å². The minimum absolute atomic E-state index is 0.0433. The van der Waals surface area contributed by atoms with Crippen LogP contribution in [0.25, 0.3) is 11.0 Å². The van der Waals surface area contributed by atoms with Crippen molar-refractivity contribution in [3.63, 3.8) is 0 Å². The van der Waals surface area contributed by atoms with Gasteiger partial charge in [-0.25, -0.2) is 9.97 Å². The summed E-state index contributed by atoms with van der Waals surface area (Å²) < 4.78 is 5.54. The first kappa shape index (κ1) is 16.7. The van der Waals surface area contributed by atoms with Gasteiger partial charge in [0.15, 0.2) is 0 Å². The number of H-pyrrole nitrogens is 1. The number of aromatic nitrogens is 3. The third-order valence-corrected chi connectivity index (χ3v) is 6.40. The number of ether oxygens (including phenoxy) is 1. The molecule has 4 aliphatic heterocycles. The molecule has 27 heavy (non-hydrogen) atoms. The number of carbonyl (C=O) groups is 1. The molecule has 1 amide bonds. The van der Waals surface area contributed by atoms with Crippen molar-refractivity contribution in [1.29, 1.82) is 0 Å². The Kier molecular flexibility index (Phi) is 4.11. The Morgan fingerprint density at radius 3 is 2.74 bits per heavy atom. The van der Waals surface area contributed by atoms with Gasteiger partial charge in [0.2, 0.25) is 5.91 Å². The molecule has 2 unspecified atom stereocenters. The van der Waals surface area contributed by atoms with Crippen LogP contribution in [-0.4, -0.2) is 64.1 Å². The molecule has 7 nitrogen and oxygen atoms in total. The lowest BCUT2D eigenvalue weighted by Gasteiger charge is -2.51. The number of fused-ring (bicyclic) bond motifs is 4. The molecule has 6 rings (SSSR count). The Labute approximate surface area is 158 Å². The van der Waals surface area contributed by atoms with E-state index in [4.69, 9.17) is 9.72 Å². The topological polar surface area (TPSA) is 74.4 Å². The van der Waals surface area contributed by atoms with Crippen molar-refractivity contribution in [3.05, 3.63) is 30.7 Å². The maximum absolute atomic E-state index is 12.2. The van der Waals surface area contributed by atoms with Gasteiger partial charge in [-0.1, -0.05) is 6.58 Å². The Balaban J connectivity index is 1.51. The predicted octanol–water partition coefficient (Wildman–Crippen LogP) is 2.22. The van der Waals surface area contributed by atoms with Gasteiger partial charge in [-0.3, -0.25) is 4.79 Å². The number of aromatic amines is 1. The minimum Gasteiger partial charge on any atom is -0.381 e. The van der Waals surface area contributed by atoms with Gasteiger partial charge in [0.25, 0.3) is 0 Å². The summed E-state index contributed by atoms with van der Waals surface area (Å²) in [5, 5.41) is 1.15. The summed E-state index contributed by atoms with van der Waals surface area (Å²) in [6, 6.07) is 0.533. The first-order valence-corrected chi connectivity index (χ1v) is 9.85. The number of anilines is 1. The average molecular weight is 367 g/mol. The van der Waals surface area contributed by atoms with Crippen LogP contribution in [0.2, 0.25) is 0 Å². The number of nitrogens with one attached hydrogen (secondary N) is 1. The molecule has 142 valence electrons. The summed E-state index contributed by atoms with van der Waals surface area (Å²) in [5.74, 6) is 1.54. The highest BCUT2D eigenvalue weighted by Crippen LogP contribution is 2.39. The standard InChI is InChI=1S/C20H25N5O2/c1-2-17(26)24-10-15-4-3-14(24)11-25(15)20-18-16(13-5-7-27-8-6-13)9-21-19(18)22-12-23-20/h2,9,12-15H,1,3-8,10-11H2,(H,21,22,23). The highest BCUT2D eigenvalue weighted by molar-refractivity contribution is 5.92. The number of hydrogen-bond acceptors (Lipinski definition) is 5. The van der Waals surface area contributed by atoms with E-state index in [9.17, 15) is 4.79 Å². The molecule has 2 atom stereocenters. The van der Waals surface area contributed by atoms with E-state index in [0.717, 1.165) is 68.8 Å². The maximum Gasteiger partial charge on any atom is 0.246 e. The van der Waals surface area contributed by atoms with Crippen molar-refractivity contribution in [2.45, 2.75) is 43.7 Å². The molecule has 4 saturated heterocycles. The number of piperazine rings is 1. The molecular formula is C20H25N5O2. The lowest BCUT2D eigenvalue weighted by atomic mass is 9.89. The highest BCUT2D eigenvalue weighted by Gasteiger charge is 2.41. The van der Waals surface area contributed by atoms with Crippen molar-refractivity contribution < 1.29 is 9.53 Å². The Morgan fingerprint density at radius 2 is 2.00 bits per heavy atom.